The first-order valence-electron chi connectivity index (χ1n) is 17.2. The van der Waals surface area contributed by atoms with Gasteiger partial charge in [0.25, 0.3) is 17.7 Å². The fraction of sp³-hybridized carbons (Fsp3) is 0.417. The molecule has 6 rings (SSSR count). The molecule has 15 nitrogen and oxygen atoms in total. The van der Waals surface area contributed by atoms with Crippen LogP contribution in [0.4, 0.5) is 11.4 Å². The molecule has 0 bridgehead atoms. The predicted molar refractivity (Wildman–Crippen MR) is 180 cm³/mol. The maximum absolute atomic E-state index is 13.2. The Balaban J connectivity index is 0.891. The minimum absolute atomic E-state index is 0.0125. The van der Waals surface area contributed by atoms with Crippen LogP contribution >= 0.6 is 0 Å². The van der Waals surface area contributed by atoms with Gasteiger partial charge in [0.1, 0.15) is 12.1 Å². The summed E-state index contributed by atoms with van der Waals surface area (Å²) in [6, 6.07) is 7.81. The number of unbranched alkanes of at least 4 members (excludes halogenated alkanes) is 5. The number of hydrogen-bond acceptors (Lipinski definition) is 9. The number of carbonyl (C=O) groups is 9. The number of nitrogens with zero attached hydrogens (tertiary/aromatic N) is 2. The average Bonchev–Trinajstić information content (AvgIpc) is 3.56. The van der Waals surface area contributed by atoms with Crippen molar-refractivity contribution in [2.45, 2.75) is 95.7 Å². The smallest absolute Gasteiger partial charge is 0.264 e. The number of carbonyl (C=O) groups excluding carboxylic acids is 9. The molecule has 4 N–H and O–H groups in total. The molecule has 2 unspecified atom stereocenters. The van der Waals surface area contributed by atoms with Crippen molar-refractivity contribution >= 4 is 64.5 Å². The SMILES string of the molecule is O=C1CCC(N2Cc3c(NC(=O)CCCCCCCCC(=O)Nc4cccc5c4C(=O)N(C4CCC(=O)NC4=O)C5=O)cccc3C2=O)C(=O)N1. The first-order valence-corrected chi connectivity index (χ1v) is 17.2. The third-order valence-corrected chi connectivity index (χ3v) is 9.66. The van der Waals surface area contributed by atoms with Crippen LogP contribution in [0.3, 0.4) is 0 Å². The van der Waals surface area contributed by atoms with Gasteiger partial charge in [-0.2, -0.15) is 0 Å². The zero-order valence-electron chi connectivity index (χ0n) is 27.9. The second-order valence-electron chi connectivity index (χ2n) is 13.1. The lowest BCUT2D eigenvalue weighted by Gasteiger charge is -2.29. The third kappa shape index (κ3) is 7.42. The van der Waals surface area contributed by atoms with Gasteiger partial charge in [0.2, 0.25) is 35.4 Å². The molecule has 266 valence electrons. The fourth-order valence-corrected chi connectivity index (χ4v) is 7.03. The Morgan fingerprint density at radius 2 is 1.16 bits per heavy atom. The minimum Gasteiger partial charge on any atom is -0.326 e. The van der Waals surface area contributed by atoms with Crippen molar-refractivity contribution in [2.24, 2.45) is 0 Å². The highest BCUT2D eigenvalue weighted by Crippen LogP contribution is 2.34. The van der Waals surface area contributed by atoms with Gasteiger partial charge in [0.05, 0.1) is 16.8 Å². The molecule has 2 fully saturated rings. The first-order chi connectivity index (χ1) is 24.5. The van der Waals surface area contributed by atoms with Crippen molar-refractivity contribution in [1.82, 2.24) is 20.4 Å². The molecule has 9 amide bonds. The maximum atomic E-state index is 13.2. The summed E-state index contributed by atoms with van der Waals surface area (Å²) >= 11 is 0. The highest BCUT2D eigenvalue weighted by molar-refractivity contribution is 6.26. The zero-order valence-corrected chi connectivity index (χ0v) is 27.9. The molecule has 2 aromatic rings. The van der Waals surface area contributed by atoms with E-state index in [4.69, 9.17) is 0 Å². The van der Waals surface area contributed by atoms with Crippen LogP contribution in [-0.4, -0.2) is 75.0 Å². The highest BCUT2D eigenvalue weighted by Gasteiger charge is 2.46. The van der Waals surface area contributed by atoms with E-state index in [1.54, 1.807) is 24.3 Å². The van der Waals surface area contributed by atoms with E-state index >= 15 is 0 Å². The van der Waals surface area contributed by atoms with E-state index in [1.165, 1.54) is 17.0 Å². The minimum atomic E-state index is -1.09. The maximum Gasteiger partial charge on any atom is 0.264 e. The molecule has 4 aliphatic rings. The number of benzene rings is 2. The molecule has 0 saturated carbocycles. The highest BCUT2D eigenvalue weighted by atomic mass is 16.2. The van der Waals surface area contributed by atoms with Crippen molar-refractivity contribution in [1.29, 1.82) is 0 Å². The predicted octanol–water partition coefficient (Wildman–Crippen LogP) is 2.55. The molecule has 0 aliphatic carbocycles. The van der Waals surface area contributed by atoms with Crippen LogP contribution in [0.15, 0.2) is 36.4 Å². The van der Waals surface area contributed by atoms with Gasteiger partial charge in [-0.1, -0.05) is 37.8 Å². The van der Waals surface area contributed by atoms with Gasteiger partial charge < -0.3 is 15.5 Å². The summed E-state index contributed by atoms with van der Waals surface area (Å²) in [6.45, 7) is 0.170. The second-order valence-corrected chi connectivity index (χ2v) is 13.1. The van der Waals surface area contributed by atoms with Gasteiger partial charge in [0.15, 0.2) is 0 Å². The molecular weight excluding hydrogens is 660 g/mol. The van der Waals surface area contributed by atoms with E-state index in [0.29, 0.717) is 36.1 Å². The molecule has 15 heteroatoms. The molecule has 0 radical (unpaired) electrons. The Labute approximate surface area is 292 Å². The van der Waals surface area contributed by atoms with Gasteiger partial charge in [-0.3, -0.25) is 58.7 Å². The lowest BCUT2D eigenvalue weighted by molar-refractivity contribution is -0.138. The molecular formula is C36H38N6O9. The van der Waals surface area contributed by atoms with Gasteiger partial charge >= 0.3 is 0 Å². The molecule has 2 atom stereocenters. The Kier molecular flexibility index (Phi) is 10.3. The molecule has 0 spiro atoms. The van der Waals surface area contributed by atoms with Crippen LogP contribution < -0.4 is 21.3 Å². The number of nitrogens with one attached hydrogen (secondary N) is 4. The van der Waals surface area contributed by atoms with E-state index in [0.717, 1.165) is 30.6 Å². The van der Waals surface area contributed by atoms with E-state index in [9.17, 15) is 43.2 Å². The number of anilines is 2. The number of imide groups is 3. The van der Waals surface area contributed by atoms with E-state index in [2.05, 4.69) is 21.3 Å². The van der Waals surface area contributed by atoms with Gasteiger partial charge in [-0.05, 0) is 49.9 Å². The first kappa shape index (κ1) is 35.1. The molecule has 2 saturated heterocycles. The molecule has 2 aromatic carbocycles. The topological polar surface area (TPSA) is 208 Å². The average molecular weight is 699 g/mol. The van der Waals surface area contributed by atoms with Gasteiger partial charge in [-0.25, -0.2) is 0 Å². The van der Waals surface area contributed by atoms with E-state index in [1.807, 2.05) is 0 Å². The van der Waals surface area contributed by atoms with E-state index in [-0.39, 0.29) is 79.1 Å². The van der Waals surface area contributed by atoms with E-state index < -0.39 is 41.6 Å². The second kappa shape index (κ2) is 15.0. The quantitative estimate of drug-likeness (QED) is 0.179. The van der Waals surface area contributed by atoms with Crippen molar-refractivity contribution in [3.63, 3.8) is 0 Å². The summed E-state index contributed by atoms with van der Waals surface area (Å²) in [5.74, 6) is -4.13. The summed E-state index contributed by atoms with van der Waals surface area (Å²) in [7, 11) is 0. The van der Waals surface area contributed by atoms with Crippen molar-refractivity contribution in [3.8, 4) is 0 Å². The van der Waals surface area contributed by atoms with Crippen LogP contribution in [0.2, 0.25) is 0 Å². The molecule has 51 heavy (non-hydrogen) atoms. The number of fused-ring (bicyclic) bond motifs is 2. The summed E-state index contributed by atoms with van der Waals surface area (Å²) in [6.07, 6.45) is 5.54. The number of amides is 9. The zero-order chi connectivity index (χ0) is 36.2. The van der Waals surface area contributed by atoms with Crippen molar-refractivity contribution in [2.75, 3.05) is 10.6 Å². The summed E-state index contributed by atoms with van der Waals surface area (Å²) in [5.41, 5.74) is 1.93. The number of rotatable bonds is 13. The number of piperidine rings is 2. The van der Waals surface area contributed by atoms with Crippen LogP contribution in [0.25, 0.3) is 0 Å². The standard InChI is InChI=1S/C36H38N6O9/c43-27(37-23-11-7-9-20-22(23)19-41(34(20)49)25-15-17-29(45)39-32(25)47)13-5-3-1-2-4-6-14-28(44)38-24-12-8-10-21-31(24)36(51)42(35(21)50)26-16-18-30(46)40-33(26)48/h7-12,25-26H,1-6,13-19H2,(H,37,43)(H,38,44)(H,39,45,47)(H,40,46,48). The van der Waals surface area contributed by atoms with Crippen LogP contribution in [0.1, 0.15) is 114 Å². The van der Waals surface area contributed by atoms with Crippen LogP contribution in [0, 0.1) is 0 Å². The largest absolute Gasteiger partial charge is 0.326 e. The summed E-state index contributed by atoms with van der Waals surface area (Å²) in [5, 5.41) is 10.1. The Morgan fingerprint density at radius 3 is 1.76 bits per heavy atom. The monoisotopic (exact) mass is 698 g/mol. The lowest BCUT2D eigenvalue weighted by atomic mass is 10.0. The Morgan fingerprint density at radius 1 is 0.627 bits per heavy atom. The fourth-order valence-electron chi connectivity index (χ4n) is 7.03. The normalized spacial score (nSPS) is 19.9. The Hall–Kier alpha value is -5.73. The summed E-state index contributed by atoms with van der Waals surface area (Å²) in [4.78, 5) is 115. The number of hydrogen-bond donors (Lipinski definition) is 4. The molecule has 0 aromatic heterocycles. The lowest BCUT2D eigenvalue weighted by Crippen LogP contribution is -2.54. The molecule has 4 aliphatic heterocycles. The summed E-state index contributed by atoms with van der Waals surface area (Å²) < 4.78 is 0. The van der Waals surface area contributed by atoms with Crippen molar-refractivity contribution in [3.05, 3.63) is 58.7 Å². The third-order valence-electron chi connectivity index (χ3n) is 9.66. The van der Waals surface area contributed by atoms with Gasteiger partial charge in [0, 0.05) is 49.0 Å². The van der Waals surface area contributed by atoms with Crippen molar-refractivity contribution < 1.29 is 43.2 Å². The Bertz CT molecular complexity index is 1860. The molecule has 4 heterocycles. The van der Waals surface area contributed by atoms with Crippen LogP contribution in [-0.2, 0) is 35.3 Å². The van der Waals surface area contributed by atoms with Crippen LogP contribution in [0.5, 0.6) is 0 Å². The van der Waals surface area contributed by atoms with Gasteiger partial charge in [-0.15, -0.1) is 0 Å².